The third-order valence-corrected chi connectivity index (χ3v) is 5.84. The lowest BCUT2D eigenvalue weighted by Gasteiger charge is -2.37. The Morgan fingerprint density at radius 1 is 1.42 bits per heavy atom. The first kappa shape index (κ1) is 18.8. The maximum absolute atomic E-state index is 11.8. The number of carbonyl (C=O) groups excluding carboxylic acids is 1. The molecule has 0 aromatic carbocycles. The van der Waals surface area contributed by atoms with E-state index in [4.69, 9.17) is 22.5 Å². The van der Waals surface area contributed by atoms with Gasteiger partial charge in [-0.05, 0) is 31.4 Å². The molecule has 142 valence electrons. The zero-order chi connectivity index (χ0) is 19.1. The van der Waals surface area contributed by atoms with Crippen LogP contribution in [0.4, 0.5) is 5.82 Å². The highest BCUT2D eigenvalue weighted by Gasteiger charge is 2.32. The predicted molar refractivity (Wildman–Crippen MR) is 97.0 cm³/mol. The minimum absolute atomic E-state index is 0.386. The molecule has 1 aliphatic rings. The first-order chi connectivity index (χ1) is 12.2. The number of hydrogen-bond donors (Lipinski definition) is 2. The van der Waals surface area contributed by atoms with Crippen LogP contribution in [0.5, 0.6) is 0 Å². The molecular weight excluding hydrogens is 382 g/mol. The van der Waals surface area contributed by atoms with Crippen molar-refractivity contribution in [2.75, 3.05) is 24.5 Å². The molecule has 2 aromatic heterocycles. The molecule has 0 atom stereocenters. The predicted octanol–water partition coefficient (Wildman–Crippen LogP) is -0.349. The van der Waals surface area contributed by atoms with Crippen LogP contribution in [-0.4, -0.2) is 58.9 Å². The van der Waals surface area contributed by atoms with Crippen LogP contribution in [0, 0.1) is 6.92 Å². The number of aromatic nitrogens is 3. The molecule has 1 fully saturated rings. The van der Waals surface area contributed by atoms with Crippen molar-refractivity contribution in [3.8, 4) is 0 Å². The van der Waals surface area contributed by atoms with Gasteiger partial charge in [0.25, 0.3) is 10.2 Å². The molecule has 3 heterocycles. The van der Waals surface area contributed by atoms with Gasteiger partial charge in [0.05, 0.1) is 6.54 Å². The van der Waals surface area contributed by atoms with Crippen LogP contribution in [-0.2, 0) is 15.0 Å². The summed E-state index contributed by atoms with van der Waals surface area (Å²) < 4.78 is 26.2. The molecule has 2 aromatic rings. The lowest BCUT2D eigenvalue weighted by molar-refractivity contribution is -0.118. The number of anilines is 1. The number of rotatable bonds is 5. The molecule has 0 spiro atoms. The van der Waals surface area contributed by atoms with Gasteiger partial charge in [0.2, 0.25) is 5.91 Å². The molecule has 0 radical (unpaired) electrons. The monoisotopic (exact) mass is 401 g/mol. The standard InChI is InChI=1S/C14H20ClN7O3S/c1-9-6-11(15)22-13(9)14(18-8-19-22)20-4-2-10(3-5-20)21(7-12(16)23)26(17,24)25/h6,8,10H,2-5,7H2,1H3,(H2,16,23)(H2,17,24,25). The third-order valence-electron chi connectivity index (χ3n) is 4.49. The molecule has 12 heteroatoms. The molecule has 0 saturated carbocycles. The molecular formula is C14H20ClN7O3S. The van der Waals surface area contributed by atoms with Crippen molar-refractivity contribution in [3.63, 3.8) is 0 Å². The molecule has 3 rings (SSSR count). The minimum atomic E-state index is -4.01. The number of aryl methyl sites for hydroxylation is 1. The molecule has 1 amide bonds. The normalized spacial score (nSPS) is 16.5. The van der Waals surface area contributed by atoms with Gasteiger partial charge in [-0.3, -0.25) is 4.79 Å². The van der Waals surface area contributed by atoms with E-state index in [2.05, 4.69) is 10.1 Å². The highest BCUT2D eigenvalue weighted by molar-refractivity contribution is 7.86. The molecule has 0 bridgehead atoms. The highest BCUT2D eigenvalue weighted by atomic mass is 35.5. The fraction of sp³-hybridized carbons (Fsp3) is 0.500. The number of nitrogens with zero attached hydrogens (tertiary/aromatic N) is 5. The fourth-order valence-electron chi connectivity index (χ4n) is 3.34. The maximum Gasteiger partial charge on any atom is 0.277 e. The number of hydrogen-bond acceptors (Lipinski definition) is 6. The second kappa shape index (κ2) is 6.99. The average Bonchev–Trinajstić information content (AvgIpc) is 2.86. The molecule has 0 aliphatic carbocycles. The summed E-state index contributed by atoms with van der Waals surface area (Å²) in [6.45, 7) is 2.60. The van der Waals surface area contributed by atoms with Crippen molar-refractivity contribution in [1.29, 1.82) is 0 Å². The van der Waals surface area contributed by atoms with Gasteiger partial charge in [-0.15, -0.1) is 0 Å². The van der Waals surface area contributed by atoms with E-state index in [1.807, 2.05) is 17.9 Å². The van der Waals surface area contributed by atoms with Gasteiger partial charge in [0, 0.05) is 19.1 Å². The summed E-state index contributed by atoms with van der Waals surface area (Å²) in [5.74, 6) is -0.00248. The van der Waals surface area contributed by atoms with Crippen LogP contribution in [0.1, 0.15) is 18.4 Å². The van der Waals surface area contributed by atoms with Crippen LogP contribution in [0.25, 0.3) is 5.52 Å². The number of amides is 1. The third kappa shape index (κ3) is 3.61. The van der Waals surface area contributed by atoms with Gasteiger partial charge in [0.1, 0.15) is 17.0 Å². The quantitative estimate of drug-likeness (QED) is 0.701. The first-order valence-electron chi connectivity index (χ1n) is 8.00. The Bertz CT molecular complexity index is 937. The zero-order valence-electron chi connectivity index (χ0n) is 14.2. The highest BCUT2D eigenvalue weighted by Crippen LogP contribution is 2.29. The summed E-state index contributed by atoms with van der Waals surface area (Å²) in [5, 5.41) is 9.89. The number of nitrogens with two attached hydrogens (primary N) is 2. The van der Waals surface area contributed by atoms with E-state index < -0.39 is 22.7 Å². The Morgan fingerprint density at radius 2 is 2.08 bits per heavy atom. The number of carbonyl (C=O) groups is 1. The summed E-state index contributed by atoms with van der Waals surface area (Å²) in [6, 6.07) is 1.43. The van der Waals surface area contributed by atoms with Crippen molar-refractivity contribution >= 4 is 39.1 Å². The van der Waals surface area contributed by atoms with Crippen LogP contribution in [0.3, 0.4) is 0 Å². The van der Waals surface area contributed by atoms with E-state index in [-0.39, 0.29) is 6.04 Å². The summed E-state index contributed by atoms with van der Waals surface area (Å²) >= 11 is 6.18. The van der Waals surface area contributed by atoms with Crippen LogP contribution < -0.4 is 15.8 Å². The lowest BCUT2D eigenvalue weighted by atomic mass is 10.0. The zero-order valence-corrected chi connectivity index (χ0v) is 15.7. The number of fused-ring (bicyclic) bond motifs is 1. The van der Waals surface area contributed by atoms with Gasteiger partial charge >= 0.3 is 0 Å². The molecule has 4 N–H and O–H groups in total. The van der Waals surface area contributed by atoms with Gasteiger partial charge in [0.15, 0.2) is 5.82 Å². The van der Waals surface area contributed by atoms with E-state index in [1.54, 1.807) is 4.52 Å². The van der Waals surface area contributed by atoms with E-state index in [0.717, 1.165) is 21.2 Å². The van der Waals surface area contributed by atoms with E-state index >= 15 is 0 Å². The van der Waals surface area contributed by atoms with Crippen molar-refractivity contribution in [1.82, 2.24) is 18.9 Å². The Morgan fingerprint density at radius 3 is 2.65 bits per heavy atom. The fourth-order valence-corrected chi connectivity index (χ4v) is 4.56. The van der Waals surface area contributed by atoms with Gasteiger partial charge < -0.3 is 10.6 Å². The first-order valence-corrected chi connectivity index (χ1v) is 9.88. The average molecular weight is 402 g/mol. The van der Waals surface area contributed by atoms with Crippen molar-refractivity contribution in [3.05, 3.63) is 23.1 Å². The van der Waals surface area contributed by atoms with Crippen LogP contribution >= 0.6 is 11.6 Å². The SMILES string of the molecule is Cc1cc(Cl)n2ncnc(N3CCC(N(CC(N)=O)S(N)(=O)=O)CC3)c12. The maximum atomic E-state index is 11.8. The smallest absolute Gasteiger partial charge is 0.277 e. The summed E-state index contributed by atoms with van der Waals surface area (Å²) in [4.78, 5) is 17.6. The van der Waals surface area contributed by atoms with Crippen LogP contribution in [0.15, 0.2) is 12.4 Å². The van der Waals surface area contributed by atoms with Gasteiger partial charge in [-0.1, -0.05) is 11.6 Å². The van der Waals surface area contributed by atoms with Gasteiger partial charge in [-0.2, -0.15) is 17.8 Å². The summed E-state index contributed by atoms with van der Waals surface area (Å²) in [5.41, 5.74) is 6.92. The van der Waals surface area contributed by atoms with Crippen LogP contribution in [0.2, 0.25) is 5.15 Å². The molecule has 10 nitrogen and oxygen atoms in total. The second-order valence-corrected chi connectivity index (χ2v) is 8.16. The van der Waals surface area contributed by atoms with Crippen molar-refractivity contribution in [2.45, 2.75) is 25.8 Å². The largest absolute Gasteiger partial charge is 0.369 e. The van der Waals surface area contributed by atoms with E-state index in [0.29, 0.717) is 31.1 Å². The summed E-state index contributed by atoms with van der Waals surface area (Å²) in [7, 11) is -4.01. The Hall–Kier alpha value is -1.95. The second-order valence-electron chi connectivity index (χ2n) is 6.27. The minimum Gasteiger partial charge on any atom is -0.369 e. The molecule has 1 aliphatic heterocycles. The van der Waals surface area contributed by atoms with E-state index in [1.165, 1.54) is 6.33 Å². The Labute approximate surface area is 155 Å². The van der Waals surface area contributed by atoms with E-state index in [9.17, 15) is 13.2 Å². The number of piperidine rings is 1. The Balaban J connectivity index is 1.82. The topological polar surface area (TPSA) is 140 Å². The van der Waals surface area contributed by atoms with Crippen molar-refractivity contribution in [2.24, 2.45) is 10.9 Å². The number of primary amides is 1. The molecule has 26 heavy (non-hydrogen) atoms. The summed E-state index contributed by atoms with van der Waals surface area (Å²) in [6.07, 6.45) is 2.42. The lowest BCUT2D eigenvalue weighted by Crippen LogP contribution is -2.52. The Kier molecular flexibility index (Phi) is 5.06. The van der Waals surface area contributed by atoms with Gasteiger partial charge in [-0.25, -0.2) is 14.6 Å². The van der Waals surface area contributed by atoms with Crippen molar-refractivity contribution < 1.29 is 13.2 Å². The molecule has 1 saturated heterocycles. The number of halogens is 1. The molecule has 0 unspecified atom stereocenters.